The number of aryl methyl sites for hydroxylation is 1. The Morgan fingerprint density at radius 2 is 2.00 bits per heavy atom. The van der Waals surface area contributed by atoms with Crippen molar-refractivity contribution in [2.24, 2.45) is 5.92 Å². The highest BCUT2D eigenvalue weighted by Crippen LogP contribution is 2.38. The summed E-state index contributed by atoms with van der Waals surface area (Å²) < 4.78 is 27.2. The van der Waals surface area contributed by atoms with Crippen molar-refractivity contribution in [3.05, 3.63) is 34.9 Å². The molecule has 100 valence electrons. The van der Waals surface area contributed by atoms with Gasteiger partial charge in [-0.05, 0) is 43.9 Å². The highest BCUT2D eigenvalue weighted by Gasteiger charge is 2.27. The van der Waals surface area contributed by atoms with E-state index in [0.717, 1.165) is 25.5 Å². The summed E-state index contributed by atoms with van der Waals surface area (Å²) in [5.41, 5.74) is 1.14. The molecule has 1 fully saturated rings. The molecule has 1 aliphatic rings. The van der Waals surface area contributed by atoms with Gasteiger partial charge in [-0.1, -0.05) is 19.8 Å². The molecule has 1 unspecified atom stereocenters. The number of nitrogens with one attached hydrogen (secondary N) is 1. The summed E-state index contributed by atoms with van der Waals surface area (Å²) in [6, 6.07) is 2.69. The molecule has 0 aliphatic heterocycles. The number of hydrogen-bond acceptors (Lipinski definition) is 1. The Labute approximate surface area is 108 Å². The number of halogens is 2. The fraction of sp³-hybridized carbons (Fsp3) is 0.600. The van der Waals surface area contributed by atoms with Gasteiger partial charge in [-0.2, -0.15) is 0 Å². The van der Waals surface area contributed by atoms with Crippen LogP contribution >= 0.6 is 0 Å². The van der Waals surface area contributed by atoms with Crippen LogP contribution in [0.3, 0.4) is 0 Å². The maximum Gasteiger partial charge on any atom is 0.130 e. The van der Waals surface area contributed by atoms with E-state index in [1.807, 2.05) is 0 Å². The monoisotopic (exact) mass is 253 g/mol. The van der Waals surface area contributed by atoms with Crippen LogP contribution in [-0.4, -0.2) is 6.54 Å². The Morgan fingerprint density at radius 1 is 1.28 bits per heavy atom. The third-order valence-corrected chi connectivity index (χ3v) is 3.56. The van der Waals surface area contributed by atoms with Crippen LogP contribution in [0.4, 0.5) is 8.78 Å². The molecule has 0 bridgehead atoms. The van der Waals surface area contributed by atoms with Gasteiger partial charge in [0.25, 0.3) is 0 Å². The van der Waals surface area contributed by atoms with Crippen molar-refractivity contribution in [1.29, 1.82) is 0 Å². The predicted octanol–water partition coefficient (Wildman–Crippen LogP) is 4.11. The van der Waals surface area contributed by atoms with Crippen molar-refractivity contribution >= 4 is 0 Å². The zero-order valence-corrected chi connectivity index (χ0v) is 11.1. The Hall–Kier alpha value is -0.960. The molecule has 1 aromatic carbocycles. The van der Waals surface area contributed by atoms with E-state index >= 15 is 0 Å². The molecule has 3 heteroatoms. The summed E-state index contributed by atoms with van der Waals surface area (Å²) in [5.74, 6) is -0.173. The van der Waals surface area contributed by atoms with Crippen molar-refractivity contribution < 1.29 is 8.78 Å². The van der Waals surface area contributed by atoms with Crippen LogP contribution in [0.15, 0.2) is 12.1 Å². The molecule has 0 aromatic heterocycles. The molecule has 18 heavy (non-hydrogen) atoms. The van der Waals surface area contributed by atoms with Crippen molar-refractivity contribution in [1.82, 2.24) is 5.32 Å². The number of benzene rings is 1. The van der Waals surface area contributed by atoms with E-state index in [1.54, 1.807) is 13.0 Å². The molecule has 1 aliphatic carbocycles. The maximum absolute atomic E-state index is 13.9. The van der Waals surface area contributed by atoms with Gasteiger partial charge >= 0.3 is 0 Å². The summed E-state index contributed by atoms with van der Waals surface area (Å²) in [4.78, 5) is 0. The van der Waals surface area contributed by atoms with Gasteiger partial charge in [0.2, 0.25) is 0 Å². The molecule has 0 spiro atoms. The molecular weight excluding hydrogens is 232 g/mol. The lowest BCUT2D eigenvalue weighted by atomic mass is 9.98. The molecule has 0 radical (unpaired) electrons. The lowest BCUT2D eigenvalue weighted by Crippen LogP contribution is -2.24. The molecular formula is C15H21F2N. The Kier molecular flexibility index (Phi) is 4.33. The minimum atomic E-state index is -0.461. The van der Waals surface area contributed by atoms with Gasteiger partial charge in [0.15, 0.2) is 0 Å². The van der Waals surface area contributed by atoms with Gasteiger partial charge in [0, 0.05) is 17.7 Å². The molecule has 0 heterocycles. The van der Waals surface area contributed by atoms with Gasteiger partial charge in [0.1, 0.15) is 11.6 Å². The molecule has 0 saturated heterocycles. The SMILES string of the molecule is CCCNC(CC1CC1)c1cc(C)c(F)cc1F. The van der Waals surface area contributed by atoms with Crippen molar-refractivity contribution in [2.45, 2.75) is 45.6 Å². The lowest BCUT2D eigenvalue weighted by Gasteiger charge is -2.20. The normalized spacial score (nSPS) is 16.9. The first-order valence-corrected chi connectivity index (χ1v) is 6.80. The summed E-state index contributed by atoms with van der Waals surface area (Å²) >= 11 is 0. The standard InChI is InChI=1S/C15H21F2N/c1-3-6-18-15(8-11-4-5-11)12-7-10(2)13(16)9-14(12)17/h7,9,11,15,18H,3-6,8H2,1-2H3. The number of hydrogen-bond donors (Lipinski definition) is 1. The molecule has 1 N–H and O–H groups in total. The summed E-state index contributed by atoms with van der Waals surface area (Å²) in [6.07, 6.45) is 4.46. The van der Waals surface area contributed by atoms with Crippen molar-refractivity contribution in [3.8, 4) is 0 Å². The van der Waals surface area contributed by atoms with Crippen LogP contribution in [-0.2, 0) is 0 Å². The van der Waals surface area contributed by atoms with Gasteiger partial charge < -0.3 is 5.32 Å². The van der Waals surface area contributed by atoms with Crippen LogP contribution in [0.5, 0.6) is 0 Å². The minimum absolute atomic E-state index is 0.0248. The summed E-state index contributed by atoms with van der Waals surface area (Å²) in [7, 11) is 0. The average Bonchev–Trinajstić information content (AvgIpc) is 3.13. The Bertz CT molecular complexity index is 413. The second kappa shape index (κ2) is 5.79. The van der Waals surface area contributed by atoms with Crippen molar-refractivity contribution in [3.63, 3.8) is 0 Å². The first-order chi connectivity index (χ1) is 8.61. The summed E-state index contributed by atoms with van der Waals surface area (Å²) in [5, 5.41) is 3.38. The largest absolute Gasteiger partial charge is 0.310 e. The smallest absolute Gasteiger partial charge is 0.130 e. The van der Waals surface area contributed by atoms with Gasteiger partial charge in [-0.15, -0.1) is 0 Å². The third-order valence-electron chi connectivity index (χ3n) is 3.56. The Balaban J connectivity index is 2.19. The van der Waals surface area contributed by atoms with E-state index in [9.17, 15) is 8.78 Å². The minimum Gasteiger partial charge on any atom is -0.310 e. The first-order valence-electron chi connectivity index (χ1n) is 6.80. The van der Waals surface area contributed by atoms with Crippen LogP contribution in [0.2, 0.25) is 0 Å². The molecule has 1 aromatic rings. The second-order valence-corrected chi connectivity index (χ2v) is 5.31. The van der Waals surface area contributed by atoms with Gasteiger partial charge in [0.05, 0.1) is 0 Å². The lowest BCUT2D eigenvalue weighted by molar-refractivity contribution is 0.449. The van der Waals surface area contributed by atoms with Crippen LogP contribution < -0.4 is 5.32 Å². The first kappa shape index (κ1) is 13.5. The maximum atomic E-state index is 13.9. The second-order valence-electron chi connectivity index (χ2n) is 5.31. The van der Waals surface area contributed by atoms with Gasteiger partial charge in [-0.25, -0.2) is 8.78 Å². The molecule has 1 saturated carbocycles. The van der Waals surface area contributed by atoms with E-state index in [1.165, 1.54) is 12.8 Å². The van der Waals surface area contributed by atoms with Gasteiger partial charge in [-0.3, -0.25) is 0 Å². The van der Waals surface area contributed by atoms with E-state index < -0.39 is 11.6 Å². The number of rotatable bonds is 6. The predicted molar refractivity (Wildman–Crippen MR) is 69.5 cm³/mol. The van der Waals surface area contributed by atoms with Crippen LogP contribution in [0, 0.1) is 24.5 Å². The molecule has 2 rings (SSSR count). The highest BCUT2D eigenvalue weighted by molar-refractivity contribution is 5.28. The van der Waals surface area contributed by atoms with Crippen molar-refractivity contribution in [2.75, 3.05) is 6.54 Å². The molecule has 0 amide bonds. The fourth-order valence-corrected chi connectivity index (χ4v) is 2.27. The van der Waals surface area contributed by atoms with E-state index in [-0.39, 0.29) is 6.04 Å². The van der Waals surface area contributed by atoms with Crippen LogP contribution in [0.25, 0.3) is 0 Å². The third kappa shape index (κ3) is 3.29. The highest BCUT2D eigenvalue weighted by atomic mass is 19.1. The Morgan fingerprint density at radius 3 is 2.61 bits per heavy atom. The molecule has 1 nitrogen and oxygen atoms in total. The fourth-order valence-electron chi connectivity index (χ4n) is 2.27. The average molecular weight is 253 g/mol. The summed E-state index contributed by atoms with van der Waals surface area (Å²) in [6.45, 7) is 4.65. The van der Waals surface area contributed by atoms with E-state index in [2.05, 4.69) is 12.2 Å². The zero-order valence-electron chi connectivity index (χ0n) is 11.1. The zero-order chi connectivity index (χ0) is 13.1. The quantitative estimate of drug-likeness (QED) is 0.804. The van der Waals surface area contributed by atoms with E-state index in [0.29, 0.717) is 17.0 Å². The topological polar surface area (TPSA) is 12.0 Å². The van der Waals surface area contributed by atoms with Crippen LogP contribution in [0.1, 0.15) is 49.8 Å². The molecule has 1 atom stereocenters. The van der Waals surface area contributed by atoms with E-state index in [4.69, 9.17) is 0 Å².